The quantitative estimate of drug-likeness (QED) is 0.679. The zero-order valence-corrected chi connectivity index (χ0v) is 9.91. The van der Waals surface area contributed by atoms with Gasteiger partial charge in [-0.1, -0.05) is 27.7 Å². The Morgan fingerprint density at radius 2 is 1.87 bits per heavy atom. The van der Waals surface area contributed by atoms with Crippen LogP contribution in [0.1, 0.15) is 34.1 Å². The van der Waals surface area contributed by atoms with Gasteiger partial charge in [-0.2, -0.15) is 0 Å². The molecule has 0 aromatic carbocycles. The molecule has 2 atom stereocenters. The van der Waals surface area contributed by atoms with Crippen LogP contribution in [0.15, 0.2) is 0 Å². The van der Waals surface area contributed by atoms with E-state index in [4.69, 9.17) is 5.73 Å². The number of carbonyl (C=O) groups excluding carboxylic acids is 2. The minimum atomic E-state index is -0.560. The van der Waals surface area contributed by atoms with E-state index >= 15 is 0 Å². The summed E-state index contributed by atoms with van der Waals surface area (Å²) in [6.07, 6.45) is 2.42. The van der Waals surface area contributed by atoms with Gasteiger partial charge in [-0.25, -0.2) is 0 Å². The van der Waals surface area contributed by atoms with Crippen molar-refractivity contribution in [2.45, 2.75) is 46.2 Å². The first-order valence-corrected chi connectivity index (χ1v) is 5.32. The lowest BCUT2D eigenvalue weighted by Crippen LogP contribution is -2.48. The van der Waals surface area contributed by atoms with E-state index in [2.05, 4.69) is 5.32 Å². The predicted molar refractivity (Wildman–Crippen MR) is 59.9 cm³/mol. The van der Waals surface area contributed by atoms with Gasteiger partial charge in [0.25, 0.3) is 0 Å². The molecule has 0 saturated heterocycles. The maximum atomic E-state index is 11.5. The van der Waals surface area contributed by atoms with Crippen LogP contribution in [-0.2, 0) is 9.59 Å². The van der Waals surface area contributed by atoms with Gasteiger partial charge in [-0.05, 0) is 18.3 Å². The average Bonchev–Trinajstić information content (AvgIpc) is 2.11. The molecule has 0 bridgehead atoms. The normalized spacial score (nSPS) is 15.1. The van der Waals surface area contributed by atoms with Crippen molar-refractivity contribution in [3.05, 3.63) is 0 Å². The summed E-state index contributed by atoms with van der Waals surface area (Å²) in [7, 11) is 0. The molecule has 87 valence electrons. The molecule has 1 amide bonds. The van der Waals surface area contributed by atoms with Gasteiger partial charge in [0.15, 0.2) is 0 Å². The molecule has 0 heterocycles. The Hall–Kier alpha value is -0.900. The first-order valence-electron chi connectivity index (χ1n) is 5.32. The fourth-order valence-corrected chi connectivity index (χ4v) is 1.21. The lowest BCUT2D eigenvalue weighted by molar-refractivity contribution is -0.123. The van der Waals surface area contributed by atoms with Crippen molar-refractivity contribution in [2.24, 2.45) is 17.6 Å². The maximum absolute atomic E-state index is 11.5. The average molecular weight is 213 g/mol. The number of nitrogens with two attached hydrogens (primary N) is 1. The van der Waals surface area contributed by atoms with Crippen LogP contribution in [0, 0.1) is 11.8 Å². The topological polar surface area (TPSA) is 72.2 Å². The molecule has 4 heteroatoms. The summed E-state index contributed by atoms with van der Waals surface area (Å²) in [5, 5.41) is 2.58. The molecule has 0 aromatic heterocycles. The van der Waals surface area contributed by atoms with Crippen LogP contribution in [0.5, 0.6) is 0 Å². The van der Waals surface area contributed by atoms with Crippen LogP contribution in [0.3, 0.4) is 0 Å². The predicted octanol–water partition coefficient (Wildman–Crippen LogP) is 0.610. The van der Waals surface area contributed by atoms with Crippen molar-refractivity contribution >= 4 is 12.2 Å². The molecule has 0 fully saturated rings. The number of hydrogen-bond donors (Lipinski definition) is 2. The van der Waals surface area contributed by atoms with Crippen LogP contribution in [0.25, 0.3) is 0 Å². The van der Waals surface area contributed by atoms with Gasteiger partial charge in [0.05, 0.1) is 12.1 Å². The molecule has 0 saturated carbocycles. The molecule has 3 N–H and O–H groups in total. The van der Waals surface area contributed by atoms with Crippen molar-refractivity contribution in [1.82, 2.24) is 5.32 Å². The molecule has 0 aliphatic carbocycles. The molecule has 0 aliphatic heterocycles. The first-order chi connectivity index (χ1) is 6.88. The molecule has 4 nitrogen and oxygen atoms in total. The standard InChI is InChI=1S/C11H21N2O2/c1-7(2)5-9(12)11(15)13-10(6-14)8(3)4/h7-10H,5,12H2,1-4H3,(H,13,15). The van der Waals surface area contributed by atoms with E-state index < -0.39 is 12.1 Å². The van der Waals surface area contributed by atoms with Crippen molar-refractivity contribution in [3.8, 4) is 0 Å². The van der Waals surface area contributed by atoms with Crippen molar-refractivity contribution in [2.75, 3.05) is 0 Å². The number of hydrogen-bond acceptors (Lipinski definition) is 3. The van der Waals surface area contributed by atoms with Gasteiger partial charge in [0, 0.05) is 0 Å². The van der Waals surface area contributed by atoms with Gasteiger partial charge < -0.3 is 11.1 Å². The second-order valence-electron chi connectivity index (χ2n) is 4.58. The molecule has 0 rings (SSSR count). The lowest BCUT2D eigenvalue weighted by atomic mass is 10.0. The molecular formula is C11H21N2O2. The van der Waals surface area contributed by atoms with E-state index in [1.54, 1.807) is 6.29 Å². The third-order valence-electron chi connectivity index (χ3n) is 2.15. The summed E-state index contributed by atoms with van der Waals surface area (Å²) in [6, 6.07) is -1.10. The summed E-state index contributed by atoms with van der Waals surface area (Å²) in [4.78, 5) is 22.1. The van der Waals surface area contributed by atoms with E-state index in [0.717, 1.165) is 0 Å². The van der Waals surface area contributed by atoms with Crippen molar-refractivity contribution in [3.63, 3.8) is 0 Å². The van der Waals surface area contributed by atoms with Crippen LogP contribution < -0.4 is 11.1 Å². The minimum absolute atomic E-state index is 0.0395. The van der Waals surface area contributed by atoms with Crippen LogP contribution in [0.2, 0.25) is 0 Å². The summed E-state index contributed by atoms with van der Waals surface area (Å²) in [6.45, 7) is 7.70. The zero-order valence-electron chi connectivity index (χ0n) is 9.91. The fourth-order valence-electron chi connectivity index (χ4n) is 1.21. The van der Waals surface area contributed by atoms with Crippen LogP contribution in [0.4, 0.5) is 0 Å². The second-order valence-corrected chi connectivity index (χ2v) is 4.58. The largest absolute Gasteiger partial charge is 0.344 e. The highest BCUT2D eigenvalue weighted by molar-refractivity contribution is 5.84. The number of nitrogens with one attached hydrogen (secondary N) is 1. The van der Waals surface area contributed by atoms with Gasteiger partial charge >= 0.3 is 0 Å². The van der Waals surface area contributed by atoms with Crippen LogP contribution in [-0.4, -0.2) is 24.3 Å². The summed E-state index contributed by atoms with van der Waals surface area (Å²) < 4.78 is 0. The number of carbonyl (C=O) groups is 1. The van der Waals surface area contributed by atoms with Crippen molar-refractivity contribution < 1.29 is 9.59 Å². The van der Waals surface area contributed by atoms with Gasteiger partial charge in [-0.3, -0.25) is 9.59 Å². The van der Waals surface area contributed by atoms with E-state index in [9.17, 15) is 9.59 Å². The Kier molecular flexibility index (Phi) is 6.17. The molecule has 0 spiro atoms. The Morgan fingerprint density at radius 3 is 2.20 bits per heavy atom. The molecule has 15 heavy (non-hydrogen) atoms. The molecule has 1 radical (unpaired) electrons. The third kappa shape index (κ3) is 5.52. The highest BCUT2D eigenvalue weighted by atomic mass is 16.2. The van der Waals surface area contributed by atoms with E-state index in [-0.39, 0.29) is 11.8 Å². The summed E-state index contributed by atoms with van der Waals surface area (Å²) in [5.74, 6) is 0.131. The first kappa shape index (κ1) is 14.1. The number of rotatable bonds is 6. The van der Waals surface area contributed by atoms with Gasteiger partial charge in [0.2, 0.25) is 12.2 Å². The Labute approximate surface area is 91.6 Å². The Morgan fingerprint density at radius 1 is 1.33 bits per heavy atom. The molecular weight excluding hydrogens is 192 g/mol. The Bertz CT molecular complexity index is 215. The van der Waals surface area contributed by atoms with Crippen LogP contribution >= 0.6 is 0 Å². The molecule has 0 aliphatic rings. The highest BCUT2D eigenvalue weighted by Gasteiger charge is 2.20. The SMILES string of the molecule is CC(C)CC(N)C(=O)NC([C]=O)C(C)C. The minimum Gasteiger partial charge on any atom is -0.344 e. The van der Waals surface area contributed by atoms with Gasteiger partial charge in [-0.15, -0.1) is 0 Å². The third-order valence-corrected chi connectivity index (χ3v) is 2.15. The molecule has 2 unspecified atom stereocenters. The Balaban J connectivity index is 4.16. The maximum Gasteiger partial charge on any atom is 0.237 e. The smallest absolute Gasteiger partial charge is 0.237 e. The summed E-state index contributed by atoms with van der Waals surface area (Å²) in [5.41, 5.74) is 5.68. The van der Waals surface area contributed by atoms with E-state index in [1.165, 1.54) is 0 Å². The zero-order chi connectivity index (χ0) is 12.0. The van der Waals surface area contributed by atoms with E-state index in [1.807, 2.05) is 27.7 Å². The van der Waals surface area contributed by atoms with Crippen molar-refractivity contribution in [1.29, 1.82) is 0 Å². The monoisotopic (exact) mass is 213 g/mol. The van der Waals surface area contributed by atoms with E-state index in [0.29, 0.717) is 12.3 Å². The second kappa shape index (κ2) is 6.56. The highest BCUT2D eigenvalue weighted by Crippen LogP contribution is 2.04. The number of amides is 1. The molecule has 0 aromatic rings. The fraction of sp³-hybridized carbons (Fsp3) is 0.818. The lowest BCUT2D eigenvalue weighted by Gasteiger charge is -2.19. The van der Waals surface area contributed by atoms with Gasteiger partial charge in [0.1, 0.15) is 0 Å². The summed E-state index contributed by atoms with van der Waals surface area (Å²) >= 11 is 0.